The van der Waals surface area contributed by atoms with Crippen LogP contribution >= 0.6 is 11.3 Å². The Hall–Kier alpha value is -1.36. The van der Waals surface area contributed by atoms with E-state index in [0.29, 0.717) is 17.2 Å². The summed E-state index contributed by atoms with van der Waals surface area (Å²) in [5, 5.41) is 11.5. The highest BCUT2D eigenvalue weighted by Crippen LogP contribution is 2.32. The summed E-state index contributed by atoms with van der Waals surface area (Å²) < 4.78 is 0. The van der Waals surface area contributed by atoms with Crippen molar-refractivity contribution in [3.63, 3.8) is 0 Å². The summed E-state index contributed by atoms with van der Waals surface area (Å²) in [5.41, 5.74) is 1.26. The predicted molar refractivity (Wildman–Crippen MR) is 74.7 cm³/mol. The number of thiophene rings is 1. The molecule has 104 valence electrons. The summed E-state index contributed by atoms with van der Waals surface area (Å²) >= 11 is 1.50. The Kier molecular flexibility index (Phi) is 4.24. The lowest BCUT2D eigenvalue weighted by Gasteiger charge is -2.16. The van der Waals surface area contributed by atoms with Crippen molar-refractivity contribution >= 4 is 23.2 Å². The van der Waals surface area contributed by atoms with Gasteiger partial charge in [-0.2, -0.15) is 0 Å². The average molecular weight is 281 g/mol. The molecule has 0 saturated heterocycles. The Morgan fingerprint density at radius 1 is 1.58 bits per heavy atom. The van der Waals surface area contributed by atoms with E-state index in [-0.39, 0.29) is 5.91 Å². The van der Waals surface area contributed by atoms with Crippen LogP contribution in [-0.4, -0.2) is 23.0 Å². The number of carbonyl (C=O) groups is 2. The van der Waals surface area contributed by atoms with Crippen LogP contribution in [0.15, 0.2) is 6.07 Å². The van der Waals surface area contributed by atoms with E-state index in [4.69, 9.17) is 5.11 Å². The largest absolute Gasteiger partial charge is 0.480 e. The first-order chi connectivity index (χ1) is 9.01. The third-order valence-electron chi connectivity index (χ3n) is 3.56. The number of aliphatic carboxylic acids is 1. The Morgan fingerprint density at radius 2 is 2.32 bits per heavy atom. The highest BCUT2D eigenvalue weighted by molar-refractivity contribution is 7.14. The molecule has 2 rings (SSSR count). The second-order valence-electron chi connectivity index (χ2n) is 5.18. The van der Waals surface area contributed by atoms with Crippen LogP contribution in [0.3, 0.4) is 0 Å². The summed E-state index contributed by atoms with van der Waals surface area (Å²) in [6.45, 7) is 3.97. The summed E-state index contributed by atoms with van der Waals surface area (Å²) in [6.07, 6.45) is 3.62. The fraction of sp³-hybridized carbons (Fsp3) is 0.571. The van der Waals surface area contributed by atoms with Crippen LogP contribution in [0.25, 0.3) is 0 Å². The molecule has 0 saturated carbocycles. The number of nitrogens with one attached hydrogen (secondary N) is 1. The van der Waals surface area contributed by atoms with Crippen LogP contribution in [0.4, 0.5) is 0 Å². The molecule has 0 spiro atoms. The van der Waals surface area contributed by atoms with Crippen molar-refractivity contribution in [2.75, 3.05) is 0 Å². The molecule has 1 aromatic heterocycles. The van der Waals surface area contributed by atoms with E-state index in [2.05, 4.69) is 12.2 Å². The van der Waals surface area contributed by atoms with Crippen LogP contribution in [0.2, 0.25) is 0 Å². The third-order valence-corrected chi connectivity index (χ3v) is 4.80. The first kappa shape index (κ1) is 14.1. The Bertz CT molecular complexity index is 495. The minimum atomic E-state index is -0.981. The predicted octanol–water partition coefficient (Wildman–Crippen LogP) is 2.47. The first-order valence-electron chi connectivity index (χ1n) is 6.66. The minimum Gasteiger partial charge on any atom is -0.480 e. The van der Waals surface area contributed by atoms with Crippen LogP contribution in [-0.2, 0) is 17.6 Å². The zero-order valence-electron chi connectivity index (χ0n) is 11.2. The third kappa shape index (κ3) is 3.15. The number of aryl methyl sites for hydroxylation is 1. The molecule has 5 heteroatoms. The second-order valence-corrected chi connectivity index (χ2v) is 6.32. The molecule has 2 atom stereocenters. The monoisotopic (exact) mass is 281 g/mol. The van der Waals surface area contributed by atoms with Gasteiger partial charge in [0.2, 0.25) is 0 Å². The van der Waals surface area contributed by atoms with Gasteiger partial charge in [0.15, 0.2) is 0 Å². The molecule has 2 N–H and O–H groups in total. The van der Waals surface area contributed by atoms with Gasteiger partial charge in [0.25, 0.3) is 5.91 Å². The van der Waals surface area contributed by atoms with Gasteiger partial charge in [-0.3, -0.25) is 4.79 Å². The summed E-state index contributed by atoms with van der Waals surface area (Å²) in [4.78, 5) is 24.9. The van der Waals surface area contributed by atoms with Crippen molar-refractivity contribution in [2.45, 2.75) is 45.6 Å². The molecule has 19 heavy (non-hydrogen) atoms. The van der Waals surface area contributed by atoms with E-state index in [9.17, 15) is 9.59 Å². The molecule has 2 unspecified atom stereocenters. The molecular weight excluding hydrogens is 262 g/mol. The van der Waals surface area contributed by atoms with Crippen molar-refractivity contribution in [2.24, 2.45) is 5.92 Å². The van der Waals surface area contributed by atoms with Crippen molar-refractivity contribution in [1.82, 2.24) is 5.32 Å². The molecule has 1 aliphatic carbocycles. The van der Waals surface area contributed by atoms with Crippen molar-refractivity contribution in [3.8, 4) is 0 Å². The molecule has 1 aliphatic rings. The molecule has 0 aliphatic heterocycles. The van der Waals surface area contributed by atoms with Crippen LogP contribution in [0.5, 0.6) is 0 Å². The van der Waals surface area contributed by atoms with Crippen LogP contribution < -0.4 is 5.32 Å². The molecule has 0 radical (unpaired) electrons. The maximum absolute atomic E-state index is 12.1. The van der Waals surface area contributed by atoms with Crippen molar-refractivity contribution in [1.29, 1.82) is 0 Å². The van der Waals surface area contributed by atoms with Gasteiger partial charge >= 0.3 is 5.97 Å². The Morgan fingerprint density at radius 3 is 2.95 bits per heavy atom. The molecule has 4 nitrogen and oxygen atoms in total. The van der Waals surface area contributed by atoms with E-state index in [1.165, 1.54) is 28.2 Å². The zero-order chi connectivity index (χ0) is 14.0. The standard InChI is InChI=1S/C14H19NO3S/c1-3-10(14(17)18)15-13(16)12-7-9-6-8(2)4-5-11(9)19-12/h7-8,10H,3-6H2,1-2H3,(H,15,16)(H,17,18). The SMILES string of the molecule is CCC(NC(=O)c1cc2c(s1)CCC(C)C2)C(=O)O. The van der Waals surface area contributed by atoms with Gasteiger partial charge in [0.05, 0.1) is 4.88 Å². The summed E-state index contributed by atoms with van der Waals surface area (Å²) in [6, 6.07) is 1.13. The lowest BCUT2D eigenvalue weighted by molar-refractivity contribution is -0.139. The fourth-order valence-electron chi connectivity index (χ4n) is 2.39. The quantitative estimate of drug-likeness (QED) is 0.891. The van der Waals surface area contributed by atoms with Crippen LogP contribution in [0, 0.1) is 5.92 Å². The molecule has 1 heterocycles. The lowest BCUT2D eigenvalue weighted by Crippen LogP contribution is -2.39. The van der Waals surface area contributed by atoms with E-state index < -0.39 is 12.0 Å². The smallest absolute Gasteiger partial charge is 0.326 e. The summed E-state index contributed by atoms with van der Waals surface area (Å²) in [5.74, 6) is -0.576. The summed E-state index contributed by atoms with van der Waals surface area (Å²) in [7, 11) is 0. The van der Waals surface area contributed by atoms with Gasteiger partial charge in [-0.05, 0) is 43.2 Å². The molecular formula is C14H19NO3S. The first-order valence-corrected chi connectivity index (χ1v) is 7.48. The molecule has 1 amide bonds. The van der Waals surface area contributed by atoms with Gasteiger partial charge in [0.1, 0.15) is 6.04 Å². The Labute approximate surface area is 116 Å². The minimum absolute atomic E-state index is 0.263. The van der Waals surface area contributed by atoms with Gasteiger partial charge in [-0.25, -0.2) is 4.79 Å². The lowest BCUT2D eigenvalue weighted by atomic mass is 9.90. The van der Waals surface area contributed by atoms with E-state index in [0.717, 1.165) is 12.8 Å². The number of fused-ring (bicyclic) bond motifs is 1. The van der Waals surface area contributed by atoms with Gasteiger partial charge in [-0.1, -0.05) is 13.8 Å². The molecule has 1 aromatic rings. The Balaban J connectivity index is 2.10. The van der Waals surface area contributed by atoms with Crippen molar-refractivity contribution in [3.05, 3.63) is 21.4 Å². The fourth-order valence-corrected chi connectivity index (χ4v) is 3.50. The maximum atomic E-state index is 12.1. The van der Waals surface area contributed by atoms with Gasteiger partial charge in [0, 0.05) is 4.88 Å². The number of carbonyl (C=O) groups excluding carboxylic acids is 1. The number of amides is 1. The van der Waals surface area contributed by atoms with Gasteiger partial charge in [-0.15, -0.1) is 11.3 Å². The van der Waals surface area contributed by atoms with E-state index in [1.54, 1.807) is 6.92 Å². The highest BCUT2D eigenvalue weighted by atomic mass is 32.1. The zero-order valence-corrected chi connectivity index (χ0v) is 12.0. The number of hydrogen-bond donors (Lipinski definition) is 2. The molecule has 0 bridgehead atoms. The maximum Gasteiger partial charge on any atom is 0.326 e. The number of carboxylic acids is 1. The molecule has 0 fully saturated rings. The highest BCUT2D eigenvalue weighted by Gasteiger charge is 2.23. The topological polar surface area (TPSA) is 66.4 Å². The molecule has 0 aromatic carbocycles. The van der Waals surface area contributed by atoms with E-state index in [1.807, 2.05) is 6.07 Å². The van der Waals surface area contributed by atoms with Crippen LogP contribution in [0.1, 0.15) is 46.8 Å². The number of rotatable bonds is 4. The number of hydrogen-bond acceptors (Lipinski definition) is 3. The normalized spacial score (nSPS) is 19.6. The second kappa shape index (κ2) is 5.74. The van der Waals surface area contributed by atoms with Gasteiger partial charge < -0.3 is 10.4 Å². The van der Waals surface area contributed by atoms with Crippen molar-refractivity contribution < 1.29 is 14.7 Å². The average Bonchev–Trinajstić information content (AvgIpc) is 2.78. The van der Waals surface area contributed by atoms with E-state index >= 15 is 0 Å². The number of carboxylic acid groups (broad SMARTS) is 1.